The first-order valence-corrected chi connectivity index (χ1v) is 9.41. The van der Waals surface area contributed by atoms with Gasteiger partial charge < -0.3 is 19.6 Å². The third-order valence-electron chi connectivity index (χ3n) is 4.54. The second-order valence-corrected chi connectivity index (χ2v) is 6.80. The number of benzene rings is 2. The minimum atomic E-state index is -0.919. The molecule has 0 amide bonds. The van der Waals surface area contributed by atoms with Crippen molar-refractivity contribution >= 4 is 28.5 Å². The standard InChI is InChI=1S/C21H23ClN2O4/c1-3-28-20-14(8-15(22)10-19(20)27-2)12-24-18(21(25)26)9-13-11-23-17-7-5-4-6-16(13)17/h4-8,10-11,18,23-24H,3,9,12H2,1-2H3,(H,25,26)/t18-/m1/s1. The maximum absolute atomic E-state index is 11.8. The number of hydrogen-bond acceptors (Lipinski definition) is 4. The lowest BCUT2D eigenvalue weighted by atomic mass is 10.0. The first-order chi connectivity index (χ1) is 13.5. The number of carboxylic acids is 1. The van der Waals surface area contributed by atoms with Crippen molar-refractivity contribution in [1.82, 2.24) is 10.3 Å². The monoisotopic (exact) mass is 402 g/mol. The molecule has 2 aromatic carbocycles. The quantitative estimate of drug-likeness (QED) is 0.503. The van der Waals surface area contributed by atoms with Crippen molar-refractivity contribution in [3.8, 4) is 11.5 Å². The number of halogens is 1. The van der Waals surface area contributed by atoms with Crippen molar-refractivity contribution in [2.75, 3.05) is 13.7 Å². The van der Waals surface area contributed by atoms with Crippen LogP contribution in [0.25, 0.3) is 10.9 Å². The molecule has 6 nitrogen and oxygen atoms in total. The van der Waals surface area contributed by atoms with Gasteiger partial charge in [-0.3, -0.25) is 10.1 Å². The molecule has 0 saturated heterocycles. The van der Waals surface area contributed by atoms with E-state index in [0.29, 0.717) is 29.5 Å². The van der Waals surface area contributed by atoms with Crippen LogP contribution in [0.5, 0.6) is 11.5 Å². The number of nitrogens with one attached hydrogen (secondary N) is 2. The maximum atomic E-state index is 11.8. The van der Waals surface area contributed by atoms with Crippen molar-refractivity contribution in [2.24, 2.45) is 0 Å². The topological polar surface area (TPSA) is 83.6 Å². The molecular weight excluding hydrogens is 380 g/mol. The zero-order valence-electron chi connectivity index (χ0n) is 15.8. The Morgan fingerprint density at radius 3 is 2.79 bits per heavy atom. The fourth-order valence-corrected chi connectivity index (χ4v) is 3.44. The molecule has 3 N–H and O–H groups in total. The van der Waals surface area contributed by atoms with Crippen molar-refractivity contribution in [3.63, 3.8) is 0 Å². The molecule has 0 aliphatic heterocycles. The van der Waals surface area contributed by atoms with Crippen LogP contribution in [0.1, 0.15) is 18.1 Å². The van der Waals surface area contributed by atoms with Gasteiger partial charge in [0, 0.05) is 46.7 Å². The van der Waals surface area contributed by atoms with Gasteiger partial charge in [0.25, 0.3) is 0 Å². The fraction of sp³-hybridized carbons (Fsp3) is 0.286. The van der Waals surface area contributed by atoms with Crippen LogP contribution in [0, 0.1) is 0 Å². The Morgan fingerprint density at radius 2 is 2.07 bits per heavy atom. The van der Waals surface area contributed by atoms with E-state index in [1.807, 2.05) is 37.4 Å². The highest BCUT2D eigenvalue weighted by molar-refractivity contribution is 6.30. The number of carbonyl (C=O) groups is 1. The molecule has 7 heteroatoms. The molecule has 28 heavy (non-hydrogen) atoms. The highest BCUT2D eigenvalue weighted by atomic mass is 35.5. The van der Waals surface area contributed by atoms with E-state index >= 15 is 0 Å². The van der Waals surface area contributed by atoms with Gasteiger partial charge in [0.2, 0.25) is 0 Å². The van der Waals surface area contributed by atoms with Crippen LogP contribution in [0.4, 0.5) is 0 Å². The largest absolute Gasteiger partial charge is 0.493 e. The molecule has 0 spiro atoms. The Bertz CT molecular complexity index is 970. The Kier molecular flexibility index (Phi) is 6.44. The summed E-state index contributed by atoms with van der Waals surface area (Å²) in [7, 11) is 1.54. The Labute approximate surface area is 168 Å². The summed E-state index contributed by atoms with van der Waals surface area (Å²) in [5.41, 5.74) is 2.68. The average molecular weight is 403 g/mol. The van der Waals surface area contributed by atoms with Crippen LogP contribution in [-0.4, -0.2) is 35.8 Å². The minimum Gasteiger partial charge on any atom is -0.493 e. The second kappa shape index (κ2) is 8.99. The van der Waals surface area contributed by atoms with Gasteiger partial charge in [-0.1, -0.05) is 29.8 Å². The number of aliphatic carboxylic acids is 1. The first-order valence-electron chi connectivity index (χ1n) is 9.03. The fourth-order valence-electron chi connectivity index (χ4n) is 3.21. The number of ether oxygens (including phenoxy) is 2. The predicted octanol–water partition coefficient (Wildman–Crippen LogP) is 4.01. The lowest BCUT2D eigenvalue weighted by Crippen LogP contribution is -2.38. The summed E-state index contributed by atoms with van der Waals surface area (Å²) in [6.45, 7) is 2.62. The van der Waals surface area contributed by atoms with Crippen LogP contribution >= 0.6 is 11.6 Å². The summed E-state index contributed by atoms with van der Waals surface area (Å²) in [5, 5.41) is 14.3. The van der Waals surface area contributed by atoms with Gasteiger partial charge in [0.05, 0.1) is 13.7 Å². The van der Waals surface area contributed by atoms with Gasteiger partial charge in [-0.25, -0.2) is 0 Å². The van der Waals surface area contributed by atoms with Gasteiger partial charge in [-0.15, -0.1) is 0 Å². The summed E-state index contributed by atoms with van der Waals surface area (Å²) in [5.74, 6) is 0.171. The molecule has 3 aromatic rings. The Morgan fingerprint density at radius 1 is 1.29 bits per heavy atom. The van der Waals surface area contributed by atoms with Gasteiger partial charge >= 0.3 is 5.97 Å². The molecule has 1 heterocycles. The average Bonchev–Trinajstić information content (AvgIpc) is 3.09. The molecule has 1 atom stereocenters. The zero-order chi connectivity index (χ0) is 20.1. The number of carboxylic acid groups (broad SMARTS) is 1. The molecule has 0 aliphatic carbocycles. The number of rotatable bonds is 9. The van der Waals surface area contributed by atoms with E-state index in [1.54, 1.807) is 19.2 Å². The van der Waals surface area contributed by atoms with Crippen LogP contribution in [-0.2, 0) is 17.8 Å². The third kappa shape index (κ3) is 4.40. The number of hydrogen-bond donors (Lipinski definition) is 3. The van der Waals surface area contributed by atoms with Gasteiger partial charge in [0.15, 0.2) is 11.5 Å². The molecule has 3 rings (SSSR count). The number of fused-ring (bicyclic) bond motifs is 1. The van der Waals surface area contributed by atoms with Crippen LogP contribution in [0.3, 0.4) is 0 Å². The number of aromatic nitrogens is 1. The first kappa shape index (κ1) is 20.0. The number of H-pyrrole nitrogens is 1. The van der Waals surface area contributed by atoms with Crippen LogP contribution < -0.4 is 14.8 Å². The van der Waals surface area contributed by atoms with Crippen molar-refractivity contribution in [3.05, 3.63) is 58.7 Å². The van der Waals surface area contributed by atoms with E-state index in [4.69, 9.17) is 21.1 Å². The lowest BCUT2D eigenvalue weighted by Gasteiger charge is -2.18. The van der Waals surface area contributed by atoms with Crippen LogP contribution in [0.2, 0.25) is 5.02 Å². The van der Waals surface area contributed by atoms with Gasteiger partial charge in [-0.2, -0.15) is 0 Å². The zero-order valence-corrected chi connectivity index (χ0v) is 16.5. The number of aromatic amines is 1. The normalized spacial score (nSPS) is 12.1. The molecule has 1 aromatic heterocycles. The Hall–Kier alpha value is -2.70. The van der Waals surface area contributed by atoms with E-state index in [2.05, 4.69) is 10.3 Å². The summed E-state index contributed by atoms with van der Waals surface area (Å²) in [6.07, 6.45) is 2.21. The number of methoxy groups -OCH3 is 1. The van der Waals surface area contributed by atoms with Crippen molar-refractivity contribution in [1.29, 1.82) is 0 Å². The van der Waals surface area contributed by atoms with E-state index in [0.717, 1.165) is 22.0 Å². The van der Waals surface area contributed by atoms with E-state index in [1.165, 1.54) is 0 Å². The maximum Gasteiger partial charge on any atom is 0.321 e. The van der Waals surface area contributed by atoms with E-state index in [-0.39, 0.29) is 6.54 Å². The molecule has 148 valence electrons. The summed E-state index contributed by atoms with van der Waals surface area (Å²) in [6, 6.07) is 10.5. The third-order valence-corrected chi connectivity index (χ3v) is 4.76. The molecular formula is C21H23ClN2O4. The van der Waals surface area contributed by atoms with E-state index in [9.17, 15) is 9.90 Å². The molecule has 0 saturated carbocycles. The minimum absolute atomic E-state index is 0.283. The molecule has 0 aliphatic rings. The SMILES string of the molecule is CCOc1c(CN[C@H](Cc2c[nH]c3ccccc23)C(=O)O)cc(Cl)cc1OC. The van der Waals surface area contributed by atoms with Gasteiger partial charge in [-0.05, 0) is 24.6 Å². The predicted molar refractivity (Wildman–Crippen MR) is 109 cm³/mol. The van der Waals surface area contributed by atoms with Gasteiger partial charge in [0.1, 0.15) is 6.04 Å². The van der Waals surface area contributed by atoms with Crippen LogP contribution in [0.15, 0.2) is 42.6 Å². The summed E-state index contributed by atoms with van der Waals surface area (Å²) < 4.78 is 11.0. The van der Waals surface area contributed by atoms with Crippen molar-refractivity contribution < 1.29 is 19.4 Å². The second-order valence-electron chi connectivity index (χ2n) is 6.36. The molecule has 0 radical (unpaired) electrons. The summed E-state index contributed by atoms with van der Waals surface area (Å²) >= 11 is 6.18. The summed E-state index contributed by atoms with van der Waals surface area (Å²) in [4.78, 5) is 15.0. The van der Waals surface area contributed by atoms with Crippen molar-refractivity contribution in [2.45, 2.75) is 25.9 Å². The smallest absolute Gasteiger partial charge is 0.321 e. The number of para-hydroxylation sites is 1. The Balaban J connectivity index is 1.81. The van der Waals surface area contributed by atoms with E-state index < -0.39 is 12.0 Å². The lowest BCUT2D eigenvalue weighted by molar-refractivity contribution is -0.139. The highest BCUT2D eigenvalue weighted by Gasteiger charge is 2.21. The molecule has 0 unspecified atom stereocenters. The molecule has 0 fully saturated rings. The molecule has 0 bridgehead atoms. The highest BCUT2D eigenvalue weighted by Crippen LogP contribution is 2.35.